The van der Waals surface area contributed by atoms with Crippen molar-refractivity contribution in [2.45, 2.75) is 25.8 Å². The molecule has 0 radical (unpaired) electrons. The first-order chi connectivity index (χ1) is 17.3. The molecule has 0 aliphatic carbocycles. The number of methoxy groups -OCH3 is 2. The number of urea groups is 1. The number of anilines is 3. The van der Waals surface area contributed by atoms with E-state index in [1.165, 1.54) is 14.2 Å². The summed E-state index contributed by atoms with van der Waals surface area (Å²) in [5, 5.41) is 8.41. The molecule has 5 N–H and O–H groups in total. The molecule has 36 heavy (non-hydrogen) atoms. The van der Waals surface area contributed by atoms with Crippen LogP contribution in [-0.2, 0) is 20.7 Å². The number of ether oxygens (including phenoxy) is 2. The summed E-state index contributed by atoms with van der Waals surface area (Å²) in [7, 11) is 2.81. The highest BCUT2D eigenvalue weighted by Gasteiger charge is 2.14. The lowest BCUT2D eigenvalue weighted by atomic mass is 10.0. The van der Waals surface area contributed by atoms with Crippen LogP contribution in [-0.4, -0.2) is 32.1 Å². The lowest BCUT2D eigenvalue weighted by Gasteiger charge is -2.14. The number of hydrogen-bond donors (Lipinski definition) is 4. The Labute approximate surface area is 210 Å². The van der Waals surface area contributed by atoms with Gasteiger partial charge < -0.3 is 31.2 Å². The van der Waals surface area contributed by atoms with Gasteiger partial charge in [-0.1, -0.05) is 36.4 Å². The molecule has 0 aliphatic rings. The first-order valence-electron chi connectivity index (χ1n) is 11.3. The van der Waals surface area contributed by atoms with Crippen LogP contribution in [0.3, 0.4) is 0 Å². The number of aryl methyl sites for hydroxylation is 1. The number of benzene rings is 3. The molecule has 0 bridgehead atoms. The van der Waals surface area contributed by atoms with Crippen LogP contribution in [0.5, 0.6) is 5.75 Å². The van der Waals surface area contributed by atoms with Crippen molar-refractivity contribution in [3.05, 3.63) is 83.4 Å². The number of para-hydroxylation sites is 1. The van der Waals surface area contributed by atoms with Crippen LogP contribution in [0, 0.1) is 6.92 Å². The number of hydrogen-bond acceptors (Lipinski definition) is 6. The second-order valence-corrected chi connectivity index (χ2v) is 8.16. The van der Waals surface area contributed by atoms with E-state index in [0.29, 0.717) is 28.4 Å². The third-order valence-corrected chi connectivity index (χ3v) is 5.51. The Hall–Kier alpha value is -4.37. The monoisotopic (exact) mass is 490 g/mol. The normalized spacial score (nSPS) is 11.2. The van der Waals surface area contributed by atoms with Gasteiger partial charge >= 0.3 is 12.0 Å². The third kappa shape index (κ3) is 7.31. The Morgan fingerprint density at radius 2 is 1.58 bits per heavy atom. The van der Waals surface area contributed by atoms with Crippen molar-refractivity contribution in [2.75, 3.05) is 30.2 Å². The van der Waals surface area contributed by atoms with Gasteiger partial charge in [0.25, 0.3) is 0 Å². The van der Waals surface area contributed by atoms with Gasteiger partial charge in [-0.3, -0.25) is 9.59 Å². The van der Waals surface area contributed by atoms with Crippen molar-refractivity contribution >= 4 is 35.0 Å². The molecule has 0 unspecified atom stereocenters. The van der Waals surface area contributed by atoms with E-state index in [-0.39, 0.29) is 24.7 Å². The Kier molecular flexibility index (Phi) is 9.01. The standard InChI is InChI=1S/C27H30N4O5/c1-17-6-4-5-7-22(17)30-27(34)31-23-13-8-18(14-24(23)35-2)15-25(32)29-20-11-9-19(10-12-20)21(28)16-26(33)36-3/h4-14,21H,15-16,28H2,1-3H3,(H,29,32)(H2,30,31,34)/t21-/m1/s1. The minimum absolute atomic E-state index is 0.0719. The van der Waals surface area contributed by atoms with Crippen LogP contribution in [0.2, 0.25) is 0 Å². The van der Waals surface area contributed by atoms with Gasteiger partial charge in [-0.25, -0.2) is 4.79 Å². The van der Waals surface area contributed by atoms with E-state index < -0.39 is 12.1 Å². The second kappa shape index (κ2) is 12.4. The number of carbonyl (C=O) groups excluding carboxylic acids is 3. The maximum atomic E-state index is 12.6. The molecule has 0 aromatic heterocycles. The molecule has 3 aromatic rings. The molecule has 3 rings (SSSR count). The molecule has 188 valence electrons. The van der Waals surface area contributed by atoms with Gasteiger partial charge in [-0.15, -0.1) is 0 Å². The SMILES string of the molecule is COC(=O)C[C@@H](N)c1ccc(NC(=O)Cc2ccc(NC(=O)Nc3ccccc3C)c(OC)c2)cc1. The highest BCUT2D eigenvalue weighted by molar-refractivity contribution is 6.01. The topological polar surface area (TPSA) is 132 Å². The average Bonchev–Trinajstić information content (AvgIpc) is 2.86. The lowest BCUT2D eigenvalue weighted by Crippen LogP contribution is -2.20. The Morgan fingerprint density at radius 3 is 2.25 bits per heavy atom. The van der Waals surface area contributed by atoms with Crippen LogP contribution in [0.15, 0.2) is 66.7 Å². The van der Waals surface area contributed by atoms with E-state index in [9.17, 15) is 14.4 Å². The smallest absolute Gasteiger partial charge is 0.323 e. The molecule has 0 saturated carbocycles. The van der Waals surface area contributed by atoms with Crippen molar-refractivity contribution < 1.29 is 23.9 Å². The van der Waals surface area contributed by atoms with Crippen LogP contribution >= 0.6 is 0 Å². The fourth-order valence-corrected chi connectivity index (χ4v) is 3.52. The molecule has 3 aromatic carbocycles. The quantitative estimate of drug-likeness (QED) is 0.329. The summed E-state index contributed by atoms with van der Waals surface area (Å²) in [5.41, 5.74) is 10.2. The summed E-state index contributed by atoms with van der Waals surface area (Å²) in [4.78, 5) is 36.4. The lowest BCUT2D eigenvalue weighted by molar-refractivity contribution is -0.141. The summed E-state index contributed by atoms with van der Waals surface area (Å²) < 4.78 is 10.1. The number of nitrogens with one attached hydrogen (secondary N) is 3. The molecule has 0 heterocycles. The predicted molar refractivity (Wildman–Crippen MR) is 139 cm³/mol. The van der Waals surface area contributed by atoms with Crippen molar-refractivity contribution in [1.82, 2.24) is 0 Å². The summed E-state index contributed by atoms with van der Waals surface area (Å²) in [6, 6.07) is 18.7. The van der Waals surface area contributed by atoms with E-state index >= 15 is 0 Å². The molecule has 9 nitrogen and oxygen atoms in total. The van der Waals surface area contributed by atoms with Gasteiger partial charge in [0.05, 0.1) is 32.7 Å². The van der Waals surface area contributed by atoms with Crippen LogP contribution in [0.25, 0.3) is 0 Å². The van der Waals surface area contributed by atoms with Crippen molar-refractivity contribution in [3.8, 4) is 5.75 Å². The van der Waals surface area contributed by atoms with Crippen LogP contribution in [0.1, 0.15) is 29.2 Å². The maximum absolute atomic E-state index is 12.6. The molecule has 0 spiro atoms. The fraction of sp³-hybridized carbons (Fsp3) is 0.222. The van der Waals surface area contributed by atoms with Gasteiger partial charge in [-0.05, 0) is 53.9 Å². The zero-order valence-corrected chi connectivity index (χ0v) is 20.5. The van der Waals surface area contributed by atoms with Gasteiger partial charge in [0, 0.05) is 17.4 Å². The van der Waals surface area contributed by atoms with Crippen molar-refractivity contribution in [2.24, 2.45) is 5.73 Å². The fourth-order valence-electron chi connectivity index (χ4n) is 3.52. The number of esters is 1. The first kappa shape index (κ1) is 26.2. The molecule has 0 aliphatic heterocycles. The Morgan fingerprint density at radius 1 is 0.889 bits per heavy atom. The van der Waals surface area contributed by atoms with E-state index in [2.05, 4.69) is 20.7 Å². The molecule has 0 saturated heterocycles. The van der Waals surface area contributed by atoms with Gasteiger partial charge in [0.15, 0.2) is 0 Å². The summed E-state index contributed by atoms with van der Waals surface area (Å²) >= 11 is 0. The van der Waals surface area contributed by atoms with E-state index in [4.69, 9.17) is 10.5 Å². The van der Waals surface area contributed by atoms with Gasteiger partial charge in [0.1, 0.15) is 5.75 Å². The number of carbonyl (C=O) groups is 3. The molecule has 9 heteroatoms. The van der Waals surface area contributed by atoms with Crippen LogP contribution < -0.4 is 26.4 Å². The second-order valence-electron chi connectivity index (χ2n) is 8.16. The predicted octanol–water partition coefficient (Wildman–Crippen LogP) is 4.39. The summed E-state index contributed by atoms with van der Waals surface area (Å²) in [6.45, 7) is 1.91. The van der Waals surface area contributed by atoms with Gasteiger partial charge in [0.2, 0.25) is 5.91 Å². The van der Waals surface area contributed by atoms with E-state index in [1.54, 1.807) is 42.5 Å². The zero-order valence-electron chi connectivity index (χ0n) is 20.5. The zero-order chi connectivity index (χ0) is 26.1. The van der Waals surface area contributed by atoms with E-state index in [0.717, 1.165) is 11.1 Å². The minimum Gasteiger partial charge on any atom is -0.495 e. The molecule has 3 amide bonds. The minimum atomic E-state index is -0.486. The van der Waals surface area contributed by atoms with Crippen LogP contribution in [0.4, 0.5) is 21.9 Å². The number of nitrogens with two attached hydrogens (primary N) is 1. The van der Waals surface area contributed by atoms with Gasteiger partial charge in [-0.2, -0.15) is 0 Å². The molecule has 1 atom stereocenters. The Balaban J connectivity index is 1.58. The molecular formula is C27H30N4O5. The molecule has 0 fully saturated rings. The van der Waals surface area contributed by atoms with Crippen molar-refractivity contribution in [1.29, 1.82) is 0 Å². The number of rotatable bonds is 9. The number of amides is 3. The molecular weight excluding hydrogens is 460 g/mol. The average molecular weight is 491 g/mol. The third-order valence-electron chi connectivity index (χ3n) is 5.51. The Bertz CT molecular complexity index is 1230. The summed E-state index contributed by atoms with van der Waals surface area (Å²) in [6.07, 6.45) is 0.179. The first-order valence-corrected chi connectivity index (χ1v) is 11.3. The largest absolute Gasteiger partial charge is 0.495 e. The van der Waals surface area contributed by atoms with Crippen molar-refractivity contribution in [3.63, 3.8) is 0 Å². The summed E-state index contributed by atoms with van der Waals surface area (Å²) in [5.74, 6) is -0.172. The maximum Gasteiger partial charge on any atom is 0.323 e. The van der Waals surface area contributed by atoms with E-state index in [1.807, 2.05) is 31.2 Å². The highest BCUT2D eigenvalue weighted by atomic mass is 16.5. The highest BCUT2D eigenvalue weighted by Crippen LogP contribution is 2.27.